The summed E-state index contributed by atoms with van der Waals surface area (Å²) in [5, 5.41) is 7.73. The van der Waals surface area contributed by atoms with E-state index in [1.165, 1.54) is 7.11 Å². The minimum atomic E-state index is -0.396. The Labute approximate surface area is 168 Å². The van der Waals surface area contributed by atoms with Gasteiger partial charge in [0.1, 0.15) is 0 Å². The minimum absolute atomic E-state index is 0.396. The molecule has 29 heavy (non-hydrogen) atoms. The van der Waals surface area contributed by atoms with Crippen LogP contribution < -0.4 is 5.32 Å². The molecule has 4 rings (SSSR count). The molecule has 144 valence electrons. The molecule has 4 aromatic rings. The Kier molecular flexibility index (Phi) is 5.03. The van der Waals surface area contributed by atoms with Gasteiger partial charge in [0.2, 0.25) is 5.95 Å². The summed E-state index contributed by atoms with van der Waals surface area (Å²) < 4.78 is 6.60. The molecule has 1 N–H and O–H groups in total. The summed E-state index contributed by atoms with van der Waals surface area (Å²) in [5.74, 6) is 0.0312. The van der Waals surface area contributed by atoms with Gasteiger partial charge in [-0.1, -0.05) is 24.3 Å². The average Bonchev–Trinajstić information content (AvgIpc) is 3.16. The van der Waals surface area contributed by atoms with Gasteiger partial charge in [-0.3, -0.25) is 0 Å². The van der Waals surface area contributed by atoms with Crippen LogP contribution in [0, 0.1) is 6.92 Å². The van der Waals surface area contributed by atoms with E-state index >= 15 is 0 Å². The van der Waals surface area contributed by atoms with Crippen LogP contribution in [-0.4, -0.2) is 32.8 Å². The topological polar surface area (TPSA) is 81.9 Å². The smallest absolute Gasteiger partial charge is 0.337 e. The van der Waals surface area contributed by atoms with E-state index in [4.69, 9.17) is 4.74 Å². The van der Waals surface area contributed by atoms with Gasteiger partial charge < -0.3 is 10.1 Å². The highest BCUT2D eigenvalue weighted by Crippen LogP contribution is 2.24. The lowest BCUT2D eigenvalue weighted by Gasteiger charge is -2.07. The maximum atomic E-state index is 11.7. The summed E-state index contributed by atoms with van der Waals surface area (Å²) in [6, 6.07) is 18.7. The highest BCUT2D eigenvalue weighted by Gasteiger charge is 2.12. The Morgan fingerprint density at radius 1 is 1.07 bits per heavy atom. The molecule has 0 radical (unpaired) electrons. The first-order valence-electron chi connectivity index (χ1n) is 9.04. The fourth-order valence-electron chi connectivity index (χ4n) is 2.96. The summed E-state index contributed by atoms with van der Waals surface area (Å²) in [6.07, 6.45) is 3.64. The van der Waals surface area contributed by atoms with E-state index in [1.54, 1.807) is 24.4 Å². The maximum absolute atomic E-state index is 11.7. The third kappa shape index (κ3) is 3.98. The van der Waals surface area contributed by atoms with Crippen LogP contribution in [0.3, 0.4) is 0 Å². The molecule has 2 aromatic carbocycles. The molecule has 0 saturated heterocycles. The highest BCUT2D eigenvalue weighted by molar-refractivity contribution is 5.90. The number of hydrogen-bond acceptors (Lipinski definition) is 6. The molecule has 0 bridgehead atoms. The fourth-order valence-corrected chi connectivity index (χ4v) is 2.96. The van der Waals surface area contributed by atoms with Crippen LogP contribution in [0.2, 0.25) is 0 Å². The van der Waals surface area contributed by atoms with E-state index in [-0.39, 0.29) is 0 Å². The Morgan fingerprint density at radius 3 is 2.69 bits per heavy atom. The zero-order chi connectivity index (χ0) is 20.2. The van der Waals surface area contributed by atoms with E-state index in [0.29, 0.717) is 17.2 Å². The van der Waals surface area contributed by atoms with Crippen LogP contribution in [0.4, 0.5) is 11.6 Å². The standard InChI is InChI=1S/C22H19N5O2/c1-15-19(14-27(26-15)18-9-4-3-5-10-18)20-11-12-23-22(25-20)24-17-8-6-7-16(13-17)21(28)29-2/h3-14H,1-2H3,(H,23,24,25). The first-order chi connectivity index (χ1) is 14.1. The number of rotatable bonds is 5. The van der Waals surface area contributed by atoms with Gasteiger partial charge in [0, 0.05) is 23.6 Å². The first-order valence-corrected chi connectivity index (χ1v) is 9.04. The first kappa shape index (κ1) is 18.4. The largest absolute Gasteiger partial charge is 0.465 e. The van der Waals surface area contributed by atoms with Gasteiger partial charge in [0.15, 0.2) is 0 Å². The van der Waals surface area contributed by atoms with Gasteiger partial charge in [-0.05, 0) is 43.3 Å². The van der Waals surface area contributed by atoms with E-state index in [1.807, 2.05) is 60.3 Å². The zero-order valence-corrected chi connectivity index (χ0v) is 16.0. The number of hydrogen-bond donors (Lipinski definition) is 1. The maximum Gasteiger partial charge on any atom is 0.337 e. The number of methoxy groups -OCH3 is 1. The van der Waals surface area contributed by atoms with Crippen molar-refractivity contribution in [1.29, 1.82) is 0 Å². The predicted molar refractivity (Wildman–Crippen MR) is 110 cm³/mol. The summed E-state index contributed by atoms with van der Waals surface area (Å²) in [7, 11) is 1.35. The van der Waals surface area contributed by atoms with Crippen LogP contribution in [0.15, 0.2) is 73.1 Å². The minimum Gasteiger partial charge on any atom is -0.465 e. The van der Waals surface area contributed by atoms with Crippen molar-refractivity contribution in [3.05, 3.63) is 84.3 Å². The van der Waals surface area contributed by atoms with Crippen molar-refractivity contribution >= 4 is 17.6 Å². The van der Waals surface area contributed by atoms with E-state index in [9.17, 15) is 4.79 Å². The number of benzene rings is 2. The second kappa shape index (κ2) is 7.93. The molecule has 0 amide bonds. The third-order valence-electron chi connectivity index (χ3n) is 4.39. The van der Waals surface area contributed by atoms with Crippen molar-refractivity contribution in [2.75, 3.05) is 12.4 Å². The van der Waals surface area contributed by atoms with Gasteiger partial charge in [0.25, 0.3) is 0 Å². The van der Waals surface area contributed by atoms with Gasteiger partial charge in [0.05, 0.1) is 29.7 Å². The normalized spacial score (nSPS) is 10.6. The molecular formula is C22H19N5O2. The number of para-hydroxylation sites is 1. The molecule has 0 unspecified atom stereocenters. The molecular weight excluding hydrogens is 366 g/mol. The van der Waals surface area contributed by atoms with Gasteiger partial charge in [-0.25, -0.2) is 19.4 Å². The number of nitrogens with zero attached hydrogens (tertiary/aromatic N) is 4. The second-order valence-electron chi connectivity index (χ2n) is 6.37. The lowest BCUT2D eigenvalue weighted by molar-refractivity contribution is 0.0601. The van der Waals surface area contributed by atoms with Gasteiger partial charge in [-0.15, -0.1) is 0 Å². The molecule has 0 aliphatic heterocycles. The Bertz CT molecular complexity index is 1150. The number of nitrogens with one attached hydrogen (secondary N) is 1. The average molecular weight is 385 g/mol. The molecule has 0 saturated carbocycles. The highest BCUT2D eigenvalue weighted by atomic mass is 16.5. The monoisotopic (exact) mass is 385 g/mol. The SMILES string of the molecule is COC(=O)c1cccc(Nc2nccc(-c3cn(-c4ccccc4)nc3C)n2)c1. The number of carbonyl (C=O) groups is 1. The number of ether oxygens (including phenoxy) is 1. The fraction of sp³-hybridized carbons (Fsp3) is 0.0909. The molecule has 0 spiro atoms. The lowest BCUT2D eigenvalue weighted by Crippen LogP contribution is -2.03. The van der Waals surface area contributed by atoms with Crippen LogP contribution in [0.1, 0.15) is 16.1 Å². The quantitative estimate of drug-likeness (QED) is 0.519. The third-order valence-corrected chi connectivity index (χ3v) is 4.39. The predicted octanol–water partition coefficient (Wildman–Crippen LogP) is 4.17. The number of carbonyl (C=O) groups excluding carboxylic acids is 1. The molecule has 7 nitrogen and oxygen atoms in total. The van der Waals surface area contributed by atoms with Crippen LogP contribution in [0.25, 0.3) is 16.9 Å². The Hall–Kier alpha value is -4.00. The van der Waals surface area contributed by atoms with E-state index in [0.717, 1.165) is 22.6 Å². The molecule has 0 aliphatic rings. The molecule has 0 atom stereocenters. The van der Waals surface area contributed by atoms with E-state index < -0.39 is 5.97 Å². The number of aromatic nitrogens is 4. The van der Waals surface area contributed by atoms with Crippen molar-refractivity contribution in [2.24, 2.45) is 0 Å². The molecule has 0 fully saturated rings. The van der Waals surface area contributed by atoms with Crippen LogP contribution in [-0.2, 0) is 4.74 Å². The molecule has 0 aliphatic carbocycles. The van der Waals surface area contributed by atoms with Crippen molar-refractivity contribution in [3.63, 3.8) is 0 Å². The Morgan fingerprint density at radius 2 is 1.90 bits per heavy atom. The number of aryl methyl sites for hydroxylation is 1. The summed E-state index contributed by atoms with van der Waals surface area (Å²) in [5.41, 5.74) is 4.67. The molecule has 2 heterocycles. The molecule has 2 aromatic heterocycles. The van der Waals surface area contributed by atoms with Crippen molar-refractivity contribution < 1.29 is 9.53 Å². The lowest BCUT2D eigenvalue weighted by atomic mass is 10.2. The number of anilines is 2. The van der Waals surface area contributed by atoms with E-state index in [2.05, 4.69) is 20.4 Å². The van der Waals surface area contributed by atoms with Crippen molar-refractivity contribution in [2.45, 2.75) is 6.92 Å². The number of esters is 1. The Balaban J connectivity index is 1.62. The summed E-state index contributed by atoms with van der Waals surface area (Å²) >= 11 is 0. The second-order valence-corrected chi connectivity index (χ2v) is 6.37. The summed E-state index contributed by atoms with van der Waals surface area (Å²) in [4.78, 5) is 20.6. The van der Waals surface area contributed by atoms with Crippen molar-refractivity contribution in [1.82, 2.24) is 19.7 Å². The summed E-state index contributed by atoms with van der Waals surface area (Å²) in [6.45, 7) is 1.95. The van der Waals surface area contributed by atoms with Crippen LogP contribution in [0.5, 0.6) is 0 Å². The van der Waals surface area contributed by atoms with Crippen LogP contribution >= 0.6 is 0 Å². The van der Waals surface area contributed by atoms with Gasteiger partial charge in [-0.2, -0.15) is 5.10 Å². The molecule has 7 heteroatoms. The van der Waals surface area contributed by atoms with Crippen molar-refractivity contribution in [3.8, 4) is 16.9 Å². The zero-order valence-electron chi connectivity index (χ0n) is 16.0. The van der Waals surface area contributed by atoms with Gasteiger partial charge >= 0.3 is 5.97 Å².